The van der Waals surface area contributed by atoms with Gasteiger partial charge in [-0.15, -0.1) is 0 Å². The molecule has 2 saturated carbocycles. The molecule has 0 aromatic rings. The number of carbonyl (C=O) groups is 1. The van der Waals surface area contributed by atoms with Gasteiger partial charge in [-0.05, 0) is 73.7 Å². The monoisotopic (exact) mass is 400 g/mol. The average molecular weight is 401 g/mol. The molecule has 3 aliphatic carbocycles. The predicted molar refractivity (Wildman–Crippen MR) is 122 cm³/mol. The van der Waals surface area contributed by atoms with Crippen LogP contribution in [-0.4, -0.2) is 11.6 Å². The second kappa shape index (κ2) is 7.57. The summed E-state index contributed by atoms with van der Waals surface area (Å²) in [6.07, 6.45) is 15.0. The second-order valence-electron chi connectivity index (χ2n) is 12.5. The van der Waals surface area contributed by atoms with Gasteiger partial charge in [0, 0.05) is 0 Å². The largest absolute Gasteiger partial charge is 0.459 e. The quantitative estimate of drug-likeness (QED) is 0.414. The summed E-state index contributed by atoms with van der Waals surface area (Å²) in [6.45, 7) is 18.3. The van der Waals surface area contributed by atoms with E-state index < -0.39 is 0 Å². The highest BCUT2D eigenvalue weighted by molar-refractivity contribution is 5.85. The van der Waals surface area contributed by atoms with E-state index in [0.717, 1.165) is 12.8 Å². The lowest BCUT2D eigenvalue weighted by molar-refractivity contribution is -0.166. The maximum Gasteiger partial charge on any atom is 0.317 e. The number of hydrogen-bond acceptors (Lipinski definition) is 2. The molecule has 2 fully saturated rings. The minimum Gasteiger partial charge on any atom is -0.459 e. The summed E-state index contributed by atoms with van der Waals surface area (Å²) in [5, 5.41) is 0. The van der Waals surface area contributed by atoms with Gasteiger partial charge >= 0.3 is 5.97 Å². The Morgan fingerprint density at radius 3 is 2.28 bits per heavy atom. The van der Waals surface area contributed by atoms with Gasteiger partial charge in [-0.1, -0.05) is 79.0 Å². The van der Waals surface area contributed by atoms with Crippen LogP contribution in [0.3, 0.4) is 0 Å². The Kier molecular flexibility index (Phi) is 5.91. The molecule has 29 heavy (non-hydrogen) atoms. The van der Waals surface area contributed by atoms with Crippen molar-refractivity contribution < 1.29 is 9.53 Å². The summed E-state index contributed by atoms with van der Waals surface area (Å²) in [7, 11) is 0. The molecule has 3 rings (SSSR count). The summed E-state index contributed by atoms with van der Waals surface area (Å²) in [5.41, 5.74) is 1.25. The molecule has 0 aliphatic heterocycles. The Hall–Kier alpha value is -1.05. The van der Waals surface area contributed by atoms with Gasteiger partial charge in [-0.2, -0.15) is 0 Å². The zero-order chi connectivity index (χ0) is 21.7. The number of fused-ring (bicyclic) bond motifs is 1. The van der Waals surface area contributed by atoms with E-state index in [2.05, 4.69) is 73.6 Å². The van der Waals surface area contributed by atoms with Crippen molar-refractivity contribution in [2.45, 2.75) is 106 Å². The Bertz CT molecular complexity index is 682. The first-order chi connectivity index (χ1) is 13.3. The molecule has 0 aromatic carbocycles. The van der Waals surface area contributed by atoms with E-state index in [4.69, 9.17) is 4.74 Å². The van der Waals surface area contributed by atoms with E-state index in [-0.39, 0.29) is 27.8 Å². The summed E-state index contributed by atoms with van der Waals surface area (Å²) in [5.74, 6) is 1.37. The van der Waals surface area contributed by atoms with Gasteiger partial charge in [0.2, 0.25) is 0 Å². The van der Waals surface area contributed by atoms with Crippen LogP contribution in [-0.2, 0) is 9.53 Å². The highest BCUT2D eigenvalue weighted by Gasteiger charge is 2.61. The maximum atomic E-state index is 13.2. The Morgan fingerprint density at radius 1 is 1.14 bits per heavy atom. The molecule has 0 radical (unpaired) electrons. The van der Waals surface area contributed by atoms with Crippen molar-refractivity contribution in [3.05, 3.63) is 23.8 Å². The van der Waals surface area contributed by atoms with Crippen LogP contribution in [0.25, 0.3) is 0 Å². The fraction of sp³-hybridized carbons (Fsp3) is 0.815. The van der Waals surface area contributed by atoms with Gasteiger partial charge in [0.05, 0.1) is 5.41 Å². The first-order valence-electron chi connectivity index (χ1n) is 12.0. The number of carbonyl (C=O) groups excluding carboxylic acids is 1. The Morgan fingerprint density at radius 2 is 1.76 bits per heavy atom. The minimum atomic E-state index is -0.387. The van der Waals surface area contributed by atoms with E-state index in [1.165, 1.54) is 37.7 Å². The van der Waals surface area contributed by atoms with Crippen LogP contribution < -0.4 is 0 Å². The lowest BCUT2D eigenvalue weighted by atomic mass is 9.66. The molecule has 3 aliphatic rings. The highest BCUT2D eigenvalue weighted by atomic mass is 16.6. The van der Waals surface area contributed by atoms with E-state index in [1.807, 2.05) is 0 Å². The molecule has 164 valence electrons. The molecule has 0 N–H and O–H groups in total. The molecular weight excluding hydrogens is 356 g/mol. The van der Waals surface area contributed by atoms with Crippen molar-refractivity contribution in [3.63, 3.8) is 0 Å². The first-order valence-corrected chi connectivity index (χ1v) is 12.0. The number of allylic oxidation sites excluding steroid dienone is 3. The standard InChI is InChI=1S/C27H44O2/c1-9-25(5,6)22(18-24(2,3)4)19-14-15-27(17-21(27)16-19)23(28)29-26(7,8)20-12-10-11-13-20/h14-16,20-22H,9-13,17-18H2,1-8H3. The van der Waals surface area contributed by atoms with Gasteiger partial charge in [-0.3, -0.25) is 4.79 Å². The SMILES string of the molecule is CCC(C)(C)C(CC(C)(C)C)C1=CC2CC2(C(=O)OC(C)(C)C2CCCC2)C=C1. The molecule has 0 saturated heterocycles. The number of ether oxygens (including phenoxy) is 1. The topological polar surface area (TPSA) is 26.3 Å². The third-order valence-electron chi connectivity index (χ3n) is 8.17. The summed E-state index contributed by atoms with van der Waals surface area (Å²) >= 11 is 0. The molecule has 2 heteroatoms. The molecule has 3 atom stereocenters. The van der Waals surface area contributed by atoms with Crippen molar-refractivity contribution >= 4 is 5.97 Å². The summed E-state index contributed by atoms with van der Waals surface area (Å²) in [4.78, 5) is 13.2. The fourth-order valence-electron chi connectivity index (χ4n) is 5.51. The van der Waals surface area contributed by atoms with E-state index in [1.54, 1.807) is 0 Å². The van der Waals surface area contributed by atoms with Crippen molar-refractivity contribution in [1.82, 2.24) is 0 Å². The third-order valence-corrected chi connectivity index (χ3v) is 8.17. The lowest BCUT2D eigenvalue weighted by Gasteiger charge is -2.39. The number of rotatable bonds is 7. The van der Waals surface area contributed by atoms with Gasteiger partial charge < -0.3 is 4.74 Å². The molecule has 0 spiro atoms. The Labute approximate surface area is 179 Å². The Balaban J connectivity index is 1.73. The van der Waals surface area contributed by atoms with Gasteiger partial charge in [0.15, 0.2) is 0 Å². The predicted octanol–water partition coefficient (Wildman–Crippen LogP) is 7.49. The first kappa shape index (κ1) is 22.6. The molecule has 3 unspecified atom stereocenters. The van der Waals surface area contributed by atoms with Crippen molar-refractivity contribution in [3.8, 4) is 0 Å². The highest BCUT2D eigenvalue weighted by Crippen LogP contribution is 2.60. The summed E-state index contributed by atoms with van der Waals surface area (Å²) in [6, 6.07) is 0. The van der Waals surface area contributed by atoms with Crippen molar-refractivity contribution in [2.24, 2.45) is 34.0 Å². The van der Waals surface area contributed by atoms with E-state index >= 15 is 0 Å². The third kappa shape index (κ3) is 4.67. The number of hydrogen-bond donors (Lipinski definition) is 0. The summed E-state index contributed by atoms with van der Waals surface area (Å²) < 4.78 is 6.15. The minimum absolute atomic E-state index is 0.00748. The van der Waals surface area contributed by atoms with Crippen LogP contribution in [0.15, 0.2) is 23.8 Å². The van der Waals surface area contributed by atoms with Crippen LogP contribution in [0.5, 0.6) is 0 Å². The zero-order valence-electron chi connectivity index (χ0n) is 20.2. The van der Waals surface area contributed by atoms with Gasteiger partial charge in [0.1, 0.15) is 5.60 Å². The lowest BCUT2D eigenvalue weighted by Crippen LogP contribution is -2.38. The van der Waals surface area contributed by atoms with Gasteiger partial charge in [-0.25, -0.2) is 0 Å². The van der Waals surface area contributed by atoms with Crippen LogP contribution in [0, 0.1) is 34.0 Å². The second-order valence-corrected chi connectivity index (χ2v) is 12.5. The average Bonchev–Trinajstić information content (AvgIpc) is 3.07. The van der Waals surface area contributed by atoms with Crippen LogP contribution >= 0.6 is 0 Å². The maximum absolute atomic E-state index is 13.2. The van der Waals surface area contributed by atoms with Crippen LogP contribution in [0.4, 0.5) is 0 Å². The van der Waals surface area contributed by atoms with Crippen LogP contribution in [0.1, 0.15) is 100 Å². The molecule has 0 heterocycles. The van der Waals surface area contributed by atoms with E-state index in [9.17, 15) is 4.79 Å². The zero-order valence-corrected chi connectivity index (χ0v) is 20.2. The van der Waals surface area contributed by atoms with Crippen LogP contribution in [0.2, 0.25) is 0 Å². The smallest absolute Gasteiger partial charge is 0.317 e. The molecular formula is C27H44O2. The van der Waals surface area contributed by atoms with Crippen molar-refractivity contribution in [2.75, 3.05) is 0 Å². The number of esters is 1. The molecule has 0 amide bonds. The normalized spacial score (nSPS) is 28.7. The van der Waals surface area contributed by atoms with E-state index in [0.29, 0.717) is 17.8 Å². The molecule has 0 aromatic heterocycles. The fourth-order valence-corrected chi connectivity index (χ4v) is 5.51. The molecule has 2 nitrogen and oxygen atoms in total. The molecule has 0 bridgehead atoms. The van der Waals surface area contributed by atoms with Gasteiger partial charge in [0.25, 0.3) is 0 Å². The van der Waals surface area contributed by atoms with Crippen molar-refractivity contribution in [1.29, 1.82) is 0 Å².